The Hall–Kier alpha value is -2.97. The van der Waals surface area contributed by atoms with E-state index in [4.69, 9.17) is 33.2 Å². The Morgan fingerprint density at radius 2 is 1.74 bits per heavy atom. The Balaban J connectivity index is 1.54. The summed E-state index contributed by atoms with van der Waals surface area (Å²) in [6.45, 7) is 0.918. The predicted octanol–water partition coefficient (Wildman–Crippen LogP) is 6.98. The SMILES string of the molecule is Oc1cc(Cl)c(-c2nc3cnc(NCc4ccc(F)c(F)c4)nc3n2CC2CCCCC2)c(Cl)c1. The van der Waals surface area contributed by atoms with Crippen LogP contribution in [0.5, 0.6) is 5.75 Å². The van der Waals surface area contributed by atoms with Crippen LogP contribution in [-0.2, 0) is 13.1 Å². The van der Waals surface area contributed by atoms with Gasteiger partial charge in [0, 0.05) is 13.1 Å². The van der Waals surface area contributed by atoms with Gasteiger partial charge in [0.2, 0.25) is 5.95 Å². The molecule has 0 radical (unpaired) electrons. The quantitative estimate of drug-likeness (QED) is 0.288. The van der Waals surface area contributed by atoms with Crippen LogP contribution >= 0.6 is 23.2 Å². The summed E-state index contributed by atoms with van der Waals surface area (Å²) in [5.41, 5.74) is 2.28. The third-order valence-corrected chi connectivity index (χ3v) is 6.93. The average Bonchev–Trinajstić information content (AvgIpc) is 3.17. The zero-order valence-corrected chi connectivity index (χ0v) is 20.3. The lowest BCUT2D eigenvalue weighted by atomic mass is 9.89. The third-order valence-electron chi connectivity index (χ3n) is 6.34. The largest absolute Gasteiger partial charge is 0.508 e. The molecule has 1 fully saturated rings. The number of phenols is 1. The van der Waals surface area contributed by atoms with Gasteiger partial charge in [0.1, 0.15) is 17.1 Å². The zero-order valence-electron chi connectivity index (χ0n) is 18.7. The monoisotopic (exact) mass is 517 g/mol. The number of rotatable bonds is 6. The number of hydrogen-bond acceptors (Lipinski definition) is 5. The molecule has 0 unspecified atom stereocenters. The Kier molecular flexibility index (Phi) is 6.75. The summed E-state index contributed by atoms with van der Waals surface area (Å²) in [4.78, 5) is 13.8. The Morgan fingerprint density at radius 1 is 1.00 bits per heavy atom. The van der Waals surface area contributed by atoms with Crippen molar-refractivity contribution in [2.45, 2.75) is 45.2 Å². The molecule has 0 spiro atoms. The summed E-state index contributed by atoms with van der Waals surface area (Å²) in [6.07, 6.45) is 7.45. The van der Waals surface area contributed by atoms with Gasteiger partial charge in [-0.3, -0.25) is 0 Å². The fourth-order valence-electron chi connectivity index (χ4n) is 4.60. The van der Waals surface area contributed by atoms with Crippen LogP contribution in [-0.4, -0.2) is 24.6 Å². The number of aromatic nitrogens is 4. The molecular weight excluding hydrogens is 495 g/mol. The first-order valence-electron chi connectivity index (χ1n) is 11.5. The summed E-state index contributed by atoms with van der Waals surface area (Å²) in [5, 5.41) is 13.5. The summed E-state index contributed by atoms with van der Waals surface area (Å²) < 4.78 is 28.8. The van der Waals surface area contributed by atoms with Crippen LogP contribution in [0, 0.1) is 17.6 Å². The highest BCUT2D eigenvalue weighted by atomic mass is 35.5. The number of aromatic hydroxyl groups is 1. The van der Waals surface area contributed by atoms with Gasteiger partial charge in [-0.15, -0.1) is 0 Å². The van der Waals surface area contributed by atoms with Crippen molar-refractivity contribution in [3.05, 3.63) is 63.8 Å². The molecule has 0 aliphatic heterocycles. The van der Waals surface area contributed by atoms with Crippen molar-refractivity contribution in [3.8, 4) is 17.1 Å². The van der Waals surface area contributed by atoms with E-state index < -0.39 is 11.6 Å². The molecule has 0 amide bonds. The number of halogens is 4. The van der Waals surface area contributed by atoms with Gasteiger partial charge in [-0.25, -0.2) is 18.7 Å². The van der Waals surface area contributed by atoms with Crippen LogP contribution in [0.1, 0.15) is 37.7 Å². The third kappa shape index (κ3) is 5.04. The van der Waals surface area contributed by atoms with Crippen LogP contribution in [0.4, 0.5) is 14.7 Å². The second-order valence-corrected chi connectivity index (χ2v) is 9.65. The van der Waals surface area contributed by atoms with Crippen molar-refractivity contribution in [3.63, 3.8) is 0 Å². The number of hydrogen-bond donors (Lipinski definition) is 2. The lowest BCUT2D eigenvalue weighted by Gasteiger charge is -2.23. The fraction of sp³-hybridized carbons (Fsp3) is 0.320. The van der Waals surface area contributed by atoms with Gasteiger partial charge in [0.05, 0.1) is 21.8 Å². The molecule has 0 bridgehead atoms. The van der Waals surface area contributed by atoms with Gasteiger partial charge in [-0.1, -0.05) is 48.5 Å². The number of fused-ring (bicyclic) bond motifs is 1. The van der Waals surface area contributed by atoms with Crippen LogP contribution in [0.25, 0.3) is 22.6 Å². The topological polar surface area (TPSA) is 75.9 Å². The van der Waals surface area contributed by atoms with Crippen molar-refractivity contribution < 1.29 is 13.9 Å². The minimum atomic E-state index is -0.904. The standard InChI is InChI=1S/C25H23Cl2F2N5O/c26-17-9-16(35)10-18(27)22(17)24-32-21-12-31-25(30-11-15-6-7-19(28)20(29)8-15)33-23(21)34(24)13-14-4-2-1-3-5-14/h6-10,12,14,35H,1-5,11,13H2,(H,30,31,33). The summed E-state index contributed by atoms with van der Waals surface area (Å²) >= 11 is 13.0. The molecule has 1 aliphatic carbocycles. The van der Waals surface area contributed by atoms with E-state index in [1.165, 1.54) is 37.5 Å². The highest BCUT2D eigenvalue weighted by molar-refractivity contribution is 6.39. The molecule has 5 rings (SSSR count). The molecule has 35 heavy (non-hydrogen) atoms. The maximum atomic E-state index is 13.6. The van der Waals surface area contributed by atoms with Crippen molar-refractivity contribution in [1.29, 1.82) is 0 Å². The number of anilines is 1. The number of nitrogens with one attached hydrogen (secondary N) is 1. The summed E-state index contributed by atoms with van der Waals surface area (Å²) in [7, 11) is 0. The fourth-order valence-corrected chi connectivity index (χ4v) is 5.24. The molecule has 2 heterocycles. The van der Waals surface area contributed by atoms with Crippen LogP contribution in [0.2, 0.25) is 10.0 Å². The molecule has 1 aliphatic rings. The minimum absolute atomic E-state index is 0.0257. The van der Waals surface area contributed by atoms with E-state index in [1.807, 2.05) is 4.57 Å². The van der Waals surface area contributed by atoms with E-state index in [0.29, 0.717) is 56.6 Å². The van der Waals surface area contributed by atoms with Gasteiger partial charge >= 0.3 is 0 Å². The highest BCUT2D eigenvalue weighted by Gasteiger charge is 2.23. The number of nitrogens with zero attached hydrogens (tertiary/aromatic N) is 4. The van der Waals surface area contributed by atoms with Crippen LogP contribution < -0.4 is 5.32 Å². The first kappa shape index (κ1) is 23.8. The Morgan fingerprint density at radius 3 is 2.46 bits per heavy atom. The minimum Gasteiger partial charge on any atom is -0.508 e. The normalized spacial score (nSPS) is 14.5. The van der Waals surface area contributed by atoms with E-state index in [0.717, 1.165) is 25.0 Å². The predicted molar refractivity (Wildman–Crippen MR) is 133 cm³/mol. The van der Waals surface area contributed by atoms with E-state index in [-0.39, 0.29) is 12.3 Å². The Bertz CT molecular complexity index is 1370. The molecule has 2 aromatic heterocycles. The molecule has 2 N–H and O–H groups in total. The van der Waals surface area contributed by atoms with Gasteiger partial charge in [0.25, 0.3) is 0 Å². The number of phenolic OH excluding ortho intramolecular Hbond substituents is 1. The molecule has 1 saturated carbocycles. The van der Waals surface area contributed by atoms with Gasteiger partial charge in [-0.05, 0) is 48.6 Å². The molecule has 0 saturated heterocycles. The maximum absolute atomic E-state index is 13.6. The number of benzene rings is 2. The Labute approximate surface area is 211 Å². The van der Waals surface area contributed by atoms with Crippen molar-refractivity contribution in [2.75, 3.05) is 5.32 Å². The van der Waals surface area contributed by atoms with Gasteiger partial charge in [0.15, 0.2) is 17.3 Å². The summed E-state index contributed by atoms with van der Waals surface area (Å²) in [6, 6.07) is 6.61. The first-order valence-corrected chi connectivity index (χ1v) is 12.2. The molecule has 6 nitrogen and oxygen atoms in total. The molecule has 0 atom stereocenters. The van der Waals surface area contributed by atoms with Crippen LogP contribution in [0.3, 0.4) is 0 Å². The van der Waals surface area contributed by atoms with Gasteiger partial charge < -0.3 is 15.0 Å². The lowest BCUT2D eigenvalue weighted by Crippen LogP contribution is -2.15. The summed E-state index contributed by atoms with van der Waals surface area (Å²) in [5.74, 6) is -0.463. The number of imidazole rings is 1. The van der Waals surface area contributed by atoms with Crippen molar-refractivity contribution in [1.82, 2.24) is 19.5 Å². The smallest absolute Gasteiger partial charge is 0.225 e. The molecule has 4 aromatic rings. The van der Waals surface area contributed by atoms with E-state index in [9.17, 15) is 13.9 Å². The lowest BCUT2D eigenvalue weighted by molar-refractivity contribution is 0.323. The first-order chi connectivity index (χ1) is 16.9. The molecule has 10 heteroatoms. The maximum Gasteiger partial charge on any atom is 0.225 e. The second-order valence-electron chi connectivity index (χ2n) is 8.84. The van der Waals surface area contributed by atoms with E-state index in [1.54, 1.807) is 6.20 Å². The van der Waals surface area contributed by atoms with Crippen molar-refractivity contribution >= 4 is 40.3 Å². The van der Waals surface area contributed by atoms with Gasteiger partial charge in [-0.2, -0.15) is 4.98 Å². The van der Waals surface area contributed by atoms with E-state index in [2.05, 4.69) is 10.3 Å². The van der Waals surface area contributed by atoms with E-state index >= 15 is 0 Å². The van der Waals surface area contributed by atoms with Crippen molar-refractivity contribution in [2.24, 2.45) is 5.92 Å². The highest BCUT2D eigenvalue weighted by Crippen LogP contribution is 2.39. The molecule has 182 valence electrons. The molecular formula is C25H23Cl2F2N5O. The average molecular weight is 518 g/mol. The zero-order chi connectivity index (χ0) is 24.5. The molecule has 2 aromatic carbocycles. The van der Waals surface area contributed by atoms with Crippen LogP contribution in [0.15, 0.2) is 36.5 Å². The second kappa shape index (κ2) is 9.95.